The molecule has 1 aromatic heterocycles. The summed E-state index contributed by atoms with van der Waals surface area (Å²) in [6.45, 7) is 0. The molecular formula is C10H10N2O3. The molecule has 1 aliphatic rings. The van der Waals surface area contributed by atoms with Crippen LogP contribution in [0.2, 0.25) is 0 Å². The first kappa shape index (κ1) is 9.64. The summed E-state index contributed by atoms with van der Waals surface area (Å²) in [5, 5.41) is 8.95. The first-order valence-corrected chi connectivity index (χ1v) is 4.65. The van der Waals surface area contributed by atoms with Crippen LogP contribution in [0.5, 0.6) is 0 Å². The third-order valence-electron chi connectivity index (χ3n) is 2.44. The standard InChI is InChI=1S/C10H10N2O3/c13-9-2-1-8(10(14)15)12(9)7-3-5-11-6-4-7/h3-6,8H,1-2H2,(H,14,15)/t8-/m1/s1. The Kier molecular flexibility index (Phi) is 2.37. The molecule has 15 heavy (non-hydrogen) atoms. The number of pyridine rings is 1. The molecule has 1 atom stereocenters. The second kappa shape index (κ2) is 3.68. The lowest BCUT2D eigenvalue weighted by Gasteiger charge is -2.21. The van der Waals surface area contributed by atoms with Gasteiger partial charge in [-0.1, -0.05) is 0 Å². The van der Waals surface area contributed by atoms with Crippen molar-refractivity contribution in [2.75, 3.05) is 4.90 Å². The topological polar surface area (TPSA) is 70.5 Å². The van der Waals surface area contributed by atoms with Gasteiger partial charge in [-0.15, -0.1) is 0 Å². The molecule has 2 rings (SSSR count). The maximum atomic E-state index is 11.5. The highest BCUT2D eigenvalue weighted by molar-refractivity contribution is 6.02. The Morgan fingerprint density at radius 3 is 2.73 bits per heavy atom. The van der Waals surface area contributed by atoms with Gasteiger partial charge in [0, 0.05) is 24.5 Å². The van der Waals surface area contributed by atoms with Crippen LogP contribution in [0.4, 0.5) is 5.69 Å². The molecule has 1 saturated heterocycles. The molecule has 2 heterocycles. The normalized spacial score (nSPS) is 20.7. The highest BCUT2D eigenvalue weighted by Crippen LogP contribution is 2.25. The largest absolute Gasteiger partial charge is 0.480 e. The summed E-state index contributed by atoms with van der Waals surface area (Å²) in [6, 6.07) is 2.54. The Hall–Kier alpha value is -1.91. The van der Waals surface area contributed by atoms with Crippen molar-refractivity contribution in [2.45, 2.75) is 18.9 Å². The molecule has 0 unspecified atom stereocenters. The summed E-state index contributed by atoms with van der Waals surface area (Å²) >= 11 is 0. The highest BCUT2D eigenvalue weighted by atomic mass is 16.4. The Labute approximate surface area is 86.3 Å². The number of aromatic nitrogens is 1. The number of hydrogen-bond acceptors (Lipinski definition) is 3. The zero-order chi connectivity index (χ0) is 10.8. The third-order valence-corrected chi connectivity index (χ3v) is 2.44. The second-order valence-electron chi connectivity index (χ2n) is 3.36. The van der Waals surface area contributed by atoms with Crippen molar-refractivity contribution in [2.24, 2.45) is 0 Å². The molecule has 78 valence electrons. The minimum atomic E-state index is -0.960. The Morgan fingerprint density at radius 2 is 2.13 bits per heavy atom. The van der Waals surface area contributed by atoms with Crippen molar-refractivity contribution in [3.05, 3.63) is 24.5 Å². The minimum absolute atomic E-state index is 0.145. The predicted octanol–water partition coefficient (Wildman–Crippen LogP) is 0.662. The molecule has 5 nitrogen and oxygen atoms in total. The fourth-order valence-electron chi connectivity index (χ4n) is 1.75. The maximum absolute atomic E-state index is 11.5. The fourth-order valence-corrected chi connectivity index (χ4v) is 1.75. The monoisotopic (exact) mass is 206 g/mol. The van der Waals surface area contributed by atoms with Crippen LogP contribution in [-0.2, 0) is 9.59 Å². The van der Waals surface area contributed by atoms with Gasteiger partial charge in [0.05, 0.1) is 0 Å². The van der Waals surface area contributed by atoms with Crippen molar-refractivity contribution in [1.82, 2.24) is 4.98 Å². The number of amides is 1. The van der Waals surface area contributed by atoms with Crippen molar-refractivity contribution < 1.29 is 14.7 Å². The summed E-state index contributed by atoms with van der Waals surface area (Å²) in [5.41, 5.74) is 0.597. The predicted molar refractivity (Wildman–Crippen MR) is 52.4 cm³/mol. The summed E-state index contributed by atoms with van der Waals surface area (Å²) < 4.78 is 0. The molecule has 0 bridgehead atoms. The van der Waals surface area contributed by atoms with Crippen LogP contribution >= 0.6 is 0 Å². The third kappa shape index (κ3) is 1.68. The highest BCUT2D eigenvalue weighted by Gasteiger charge is 2.36. The molecular weight excluding hydrogens is 196 g/mol. The minimum Gasteiger partial charge on any atom is -0.480 e. The summed E-state index contributed by atoms with van der Waals surface area (Å²) in [7, 11) is 0. The summed E-state index contributed by atoms with van der Waals surface area (Å²) in [5.74, 6) is -1.11. The zero-order valence-corrected chi connectivity index (χ0v) is 7.96. The van der Waals surface area contributed by atoms with Gasteiger partial charge in [-0.3, -0.25) is 14.7 Å². The SMILES string of the molecule is O=C(O)[C@H]1CCC(=O)N1c1ccncc1. The van der Waals surface area contributed by atoms with E-state index in [1.54, 1.807) is 24.5 Å². The van der Waals surface area contributed by atoms with E-state index in [1.165, 1.54) is 4.90 Å². The molecule has 0 radical (unpaired) electrons. The first-order valence-electron chi connectivity index (χ1n) is 4.65. The van der Waals surface area contributed by atoms with Gasteiger partial charge in [-0.05, 0) is 18.6 Å². The molecule has 0 aliphatic carbocycles. The van der Waals surface area contributed by atoms with Crippen LogP contribution in [0.25, 0.3) is 0 Å². The average molecular weight is 206 g/mol. The average Bonchev–Trinajstić information content (AvgIpc) is 2.61. The van der Waals surface area contributed by atoms with Gasteiger partial charge in [0.2, 0.25) is 5.91 Å². The molecule has 0 aromatic carbocycles. The number of carbonyl (C=O) groups is 2. The smallest absolute Gasteiger partial charge is 0.326 e. The van der Waals surface area contributed by atoms with Gasteiger partial charge in [-0.25, -0.2) is 4.79 Å². The van der Waals surface area contributed by atoms with Crippen LogP contribution in [0.3, 0.4) is 0 Å². The van der Waals surface area contributed by atoms with Crippen LogP contribution in [0.15, 0.2) is 24.5 Å². The number of nitrogens with zero attached hydrogens (tertiary/aromatic N) is 2. The van der Waals surface area contributed by atoms with E-state index in [0.29, 0.717) is 18.5 Å². The molecule has 1 amide bonds. The van der Waals surface area contributed by atoms with E-state index in [4.69, 9.17) is 5.11 Å². The van der Waals surface area contributed by atoms with E-state index in [1.807, 2.05) is 0 Å². The lowest BCUT2D eigenvalue weighted by Crippen LogP contribution is -2.38. The molecule has 5 heteroatoms. The number of aliphatic carboxylic acids is 1. The van der Waals surface area contributed by atoms with Crippen molar-refractivity contribution >= 4 is 17.6 Å². The van der Waals surface area contributed by atoms with E-state index in [9.17, 15) is 9.59 Å². The van der Waals surface area contributed by atoms with Gasteiger partial charge >= 0.3 is 5.97 Å². The molecule has 1 aromatic rings. The number of carboxylic acid groups (broad SMARTS) is 1. The lowest BCUT2D eigenvalue weighted by atomic mass is 10.2. The van der Waals surface area contributed by atoms with Crippen LogP contribution in [0.1, 0.15) is 12.8 Å². The molecule has 0 saturated carbocycles. The molecule has 1 fully saturated rings. The number of rotatable bonds is 2. The van der Waals surface area contributed by atoms with E-state index in [0.717, 1.165) is 0 Å². The lowest BCUT2D eigenvalue weighted by molar-refractivity contribution is -0.138. The van der Waals surface area contributed by atoms with Gasteiger partial charge in [0.15, 0.2) is 0 Å². The quantitative estimate of drug-likeness (QED) is 0.771. The van der Waals surface area contributed by atoms with E-state index >= 15 is 0 Å². The van der Waals surface area contributed by atoms with Crippen molar-refractivity contribution in [3.63, 3.8) is 0 Å². The van der Waals surface area contributed by atoms with Crippen molar-refractivity contribution in [1.29, 1.82) is 0 Å². The van der Waals surface area contributed by atoms with Gasteiger partial charge < -0.3 is 5.11 Å². The summed E-state index contributed by atoms with van der Waals surface area (Å²) in [6.07, 6.45) is 3.75. The van der Waals surface area contributed by atoms with Gasteiger partial charge in [0.1, 0.15) is 6.04 Å². The first-order chi connectivity index (χ1) is 7.20. The van der Waals surface area contributed by atoms with Crippen molar-refractivity contribution in [3.8, 4) is 0 Å². The second-order valence-corrected chi connectivity index (χ2v) is 3.36. The van der Waals surface area contributed by atoms with Crippen LogP contribution < -0.4 is 4.90 Å². The Morgan fingerprint density at radius 1 is 1.47 bits per heavy atom. The summed E-state index contributed by atoms with van der Waals surface area (Å²) in [4.78, 5) is 27.6. The van der Waals surface area contributed by atoms with E-state index < -0.39 is 12.0 Å². The van der Waals surface area contributed by atoms with E-state index in [2.05, 4.69) is 4.98 Å². The van der Waals surface area contributed by atoms with Crippen LogP contribution in [0, 0.1) is 0 Å². The number of carboxylic acids is 1. The number of carbonyl (C=O) groups excluding carboxylic acids is 1. The number of anilines is 1. The van der Waals surface area contributed by atoms with Crippen LogP contribution in [-0.4, -0.2) is 28.0 Å². The Balaban J connectivity index is 2.33. The Bertz CT molecular complexity index is 391. The zero-order valence-electron chi connectivity index (χ0n) is 7.96. The number of hydrogen-bond donors (Lipinski definition) is 1. The molecule has 0 spiro atoms. The maximum Gasteiger partial charge on any atom is 0.326 e. The molecule has 1 aliphatic heterocycles. The van der Waals surface area contributed by atoms with Gasteiger partial charge in [-0.2, -0.15) is 0 Å². The van der Waals surface area contributed by atoms with E-state index in [-0.39, 0.29) is 5.91 Å². The molecule has 1 N–H and O–H groups in total. The fraction of sp³-hybridized carbons (Fsp3) is 0.300. The van der Waals surface area contributed by atoms with Gasteiger partial charge in [0.25, 0.3) is 0 Å².